The van der Waals surface area contributed by atoms with E-state index in [9.17, 15) is 0 Å². The zero-order valence-corrected chi connectivity index (χ0v) is 12.5. The Morgan fingerprint density at radius 1 is 1.33 bits per heavy atom. The molecule has 1 aromatic rings. The molecule has 4 heteroatoms. The molecule has 1 N–H and O–H groups in total. The molecule has 0 aliphatic heterocycles. The largest absolute Gasteiger partial charge is 0.333 e. The second-order valence-electron chi connectivity index (χ2n) is 5.54. The van der Waals surface area contributed by atoms with E-state index in [4.69, 9.17) is 0 Å². The van der Waals surface area contributed by atoms with Crippen LogP contribution in [-0.4, -0.2) is 40.1 Å². The van der Waals surface area contributed by atoms with Gasteiger partial charge in [0.15, 0.2) is 0 Å². The van der Waals surface area contributed by atoms with Crippen molar-refractivity contribution in [2.45, 2.75) is 59.3 Å². The fraction of sp³-hybridized carbons (Fsp3) is 0.786. The Morgan fingerprint density at radius 2 is 2.06 bits per heavy atom. The Balaban J connectivity index is 2.36. The summed E-state index contributed by atoms with van der Waals surface area (Å²) in [5.74, 6) is 0. The topological polar surface area (TPSA) is 33.1 Å². The number of nitrogens with zero attached hydrogens (tertiary/aromatic N) is 3. The van der Waals surface area contributed by atoms with Crippen molar-refractivity contribution in [1.29, 1.82) is 0 Å². The SMILES string of the molecule is CC(C)NCc1cncn1CCCN(C)C(C)C. The molecule has 0 radical (unpaired) electrons. The van der Waals surface area contributed by atoms with Crippen molar-refractivity contribution in [3.05, 3.63) is 18.2 Å². The van der Waals surface area contributed by atoms with Gasteiger partial charge in [-0.15, -0.1) is 0 Å². The first-order chi connectivity index (χ1) is 8.50. The van der Waals surface area contributed by atoms with E-state index in [1.165, 1.54) is 12.1 Å². The molecule has 0 saturated carbocycles. The highest BCUT2D eigenvalue weighted by Crippen LogP contribution is 2.03. The summed E-state index contributed by atoms with van der Waals surface area (Å²) in [6, 6.07) is 1.13. The van der Waals surface area contributed by atoms with Gasteiger partial charge in [0.05, 0.1) is 12.0 Å². The summed E-state index contributed by atoms with van der Waals surface area (Å²) < 4.78 is 2.25. The quantitative estimate of drug-likeness (QED) is 0.769. The zero-order valence-electron chi connectivity index (χ0n) is 12.5. The van der Waals surface area contributed by atoms with E-state index in [0.29, 0.717) is 12.1 Å². The number of hydrogen-bond donors (Lipinski definition) is 1. The molecule has 1 heterocycles. The van der Waals surface area contributed by atoms with Gasteiger partial charge in [0, 0.05) is 31.4 Å². The molecule has 1 aromatic heterocycles. The minimum Gasteiger partial charge on any atom is -0.333 e. The van der Waals surface area contributed by atoms with E-state index in [0.717, 1.165) is 19.6 Å². The monoisotopic (exact) mass is 252 g/mol. The molecule has 0 spiro atoms. The third-order valence-corrected chi connectivity index (χ3v) is 3.28. The smallest absolute Gasteiger partial charge is 0.0948 e. The van der Waals surface area contributed by atoms with Gasteiger partial charge in [-0.25, -0.2) is 4.98 Å². The second kappa shape index (κ2) is 7.54. The van der Waals surface area contributed by atoms with Gasteiger partial charge in [0.25, 0.3) is 0 Å². The molecule has 4 nitrogen and oxygen atoms in total. The Bertz CT molecular complexity index is 330. The van der Waals surface area contributed by atoms with E-state index in [1.807, 2.05) is 12.5 Å². The van der Waals surface area contributed by atoms with Crippen LogP contribution >= 0.6 is 0 Å². The number of aromatic nitrogens is 2. The third-order valence-electron chi connectivity index (χ3n) is 3.28. The van der Waals surface area contributed by atoms with Crippen LogP contribution < -0.4 is 5.32 Å². The maximum Gasteiger partial charge on any atom is 0.0948 e. The molecule has 0 aromatic carbocycles. The van der Waals surface area contributed by atoms with Crippen LogP contribution in [0.4, 0.5) is 0 Å². The van der Waals surface area contributed by atoms with Crippen LogP contribution in [0, 0.1) is 0 Å². The molecule has 0 aliphatic rings. The predicted molar refractivity (Wildman–Crippen MR) is 76.6 cm³/mol. The summed E-state index contributed by atoms with van der Waals surface area (Å²) in [7, 11) is 2.18. The summed E-state index contributed by atoms with van der Waals surface area (Å²) in [6.07, 6.45) is 5.06. The van der Waals surface area contributed by atoms with Crippen LogP contribution in [0.5, 0.6) is 0 Å². The van der Waals surface area contributed by atoms with E-state index in [-0.39, 0.29) is 0 Å². The lowest BCUT2D eigenvalue weighted by molar-refractivity contribution is 0.265. The lowest BCUT2D eigenvalue weighted by Crippen LogP contribution is -2.28. The normalized spacial score (nSPS) is 12.0. The number of imidazole rings is 1. The van der Waals surface area contributed by atoms with Crippen LogP contribution in [0.15, 0.2) is 12.5 Å². The minimum absolute atomic E-state index is 0.514. The van der Waals surface area contributed by atoms with Gasteiger partial charge in [0.1, 0.15) is 0 Å². The van der Waals surface area contributed by atoms with Crippen LogP contribution in [-0.2, 0) is 13.1 Å². The van der Waals surface area contributed by atoms with E-state index >= 15 is 0 Å². The van der Waals surface area contributed by atoms with Crippen LogP contribution in [0.1, 0.15) is 39.8 Å². The highest BCUT2D eigenvalue weighted by molar-refractivity contribution is 4.98. The second-order valence-corrected chi connectivity index (χ2v) is 5.54. The van der Waals surface area contributed by atoms with E-state index in [1.54, 1.807) is 0 Å². The van der Waals surface area contributed by atoms with Gasteiger partial charge in [-0.3, -0.25) is 0 Å². The molecule has 0 fully saturated rings. The highest BCUT2D eigenvalue weighted by atomic mass is 15.1. The predicted octanol–water partition coefficient (Wildman–Crippen LogP) is 2.11. The van der Waals surface area contributed by atoms with Crippen LogP contribution in [0.25, 0.3) is 0 Å². The van der Waals surface area contributed by atoms with Gasteiger partial charge < -0.3 is 14.8 Å². The lowest BCUT2D eigenvalue weighted by atomic mass is 10.3. The van der Waals surface area contributed by atoms with Crippen molar-refractivity contribution >= 4 is 0 Å². The lowest BCUT2D eigenvalue weighted by Gasteiger charge is -2.21. The molecule has 0 atom stereocenters. The number of hydrogen-bond acceptors (Lipinski definition) is 3. The summed E-state index contributed by atoms with van der Waals surface area (Å²) in [6.45, 7) is 11.9. The van der Waals surface area contributed by atoms with E-state index < -0.39 is 0 Å². The van der Waals surface area contributed by atoms with Crippen molar-refractivity contribution in [1.82, 2.24) is 19.8 Å². The molecule has 18 heavy (non-hydrogen) atoms. The molecule has 0 saturated heterocycles. The minimum atomic E-state index is 0.514. The van der Waals surface area contributed by atoms with Gasteiger partial charge >= 0.3 is 0 Å². The molecule has 0 unspecified atom stereocenters. The van der Waals surface area contributed by atoms with Crippen molar-refractivity contribution in [3.8, 4) is 0 Å². The van der Waals surface area contributed by atoms with Crippen molar-refractivity contribution in [2.75, 3.05) is 13.6 Å². The van der Waals surface area contributed by atoms with Gasteiger partial charge in [-0.2, -0.15) is 0 Å². The molecule has 1 rings (SSSR count). The maximum absolute atomic E-state index is 4.24. The maximum atomic E-state index is 4.24. The summed E-state index contributed by atoms with van der Waals surface area (Å²) in [5.41, 5.74) is 1.27. The molecule has 0 bridgehead atoms. The Kier molecular flexibility index (Phi) is 6.36. The number of nitrogens with one attached hydrogen (secondary N) is 1. The van der Waals surface area contributed by atoms with Crippen LogP contribution in [0.2, 0.25) is 0 Å². The van der Waals surface area contributed by atoms with Gasteiger partial charge in [0.2, 0.25) is 0 Å². The molecule has 0 amide bonds. The number of aryl methyl sites for hydroxylation is 1. The summed E-state index contributed by atoms with van der Waals surface area (Å²) in [5, 5.41) is 3.43. The average Bonchev–Trinajstić information content (AvgIpc) is 2.73. The fourth-order valence-corrected chi connectivity index (χ4v) is 1.75. The Labute approximate surface area is 111 Å². The fourth-order valence-electron chi connectivity index (χ4n) is 1.75. The first-order valence-electron chi connectivity index (χ1n) is 6.93. The Morgan fingerprint density at radius 3 is 2.67 bits per heavy atom. The van der Waals surface area contributed by atoms with Gasteiger partial charge in [-0.1, -0.05) is 13.8 Å². The van der Waals surface area contributed by atoms with Crippen LogP contribution in [0.3, 0.4) is 0 Å². The standard InChI is InChI=1S/C14H28N4/c1-12(2)16-10-14-9-15-11-18(14)8-6-7-17(5)13(3)4/h9,11-13,16H,6-8,10H2,1-5H3. The summed E-state index contributed by atoms with van der Waals surface area (Å²) in [4.78, 5) is 6.62. The first kappa shape index (κ1) is 15.2. The molecular weight excluding hydrogens is 224 g/mol. The molecular formula is C14H28N4. The van der Waals surface area contributed by atoms with E-state index in [2.05, 4.69) is 54.5 Å². The highest BCUT2D eigenvalue weighted by Gasteiger charge is 2.05. The van der Waals surface area contributed by atoms with Gasteiger partial charge in [-0.05, 0) is 33.9 Å². The van der Waals surface area contributed by atoms with Crippen molar-refractivity contribution in [2.24, 2.45) is 0 Å². The first-order valence-corrected chi connectivity index (χ1v) is 6.93. The molecule has 0 aliphatic carbocycles. The average molecular weight is 252 g/mol. The van der Waals surface area contributed by atoms with Crippen molar-refractivity contribution < 1.29 is 0 Å². The summed E-state index contributed by atoms with van der Waals surface area (Å²) >= 11 is 0. The zero-order chi connectivity index (χ0) is 13.5. The number of rotatable bonds is 8. The molecule has 104 valence electrons. The van der Waals surface area contributed by atoms with Crippen molar-refractivity contribution in [3.63, 3.8) is 0 Å². The Hall–Kier alpha value is -0.870. The third kappa shape index (κ3) is 5.19.